The summed E-state index contributed by atoms with van der Waals surface area (Å²) in [6, 6.07) is 12.6. The highest BCUT2D eigenvalue weighted by Crippen LogP contribution is 2.16. The lowest BCUT2D eigenvalue weighted by atomic mass is 10.1. The molecule has 18 heavy (non-hydrogen) atoms. The SMILES string of the molecule is CC(=O)c1cccc(Nc2ccc(C#N)cn2)c1. The van der Waals surface area contributed by atoms with E-state index in [0.717, 1.165) is 5.69 Å². The van der Waals surface area contributed by atoms with Gasteiger partial charge < -0.3 is 5.32 Å². The smallest absolute Gasteiger partial charge is 0.159 e. The molecule has 0 radical (unpaired) electrons. The third-order valence-electron chi connectivity index (χ3n) is 2.43. The molecular weight excluding hydrogens is 226 g/mol. The first-order valence-electron chi connectivity index (χ1n) is 5.43. The van der Waals surface area contributed by atoms with Gasteiger partial charge in [0.05, 0.1) is 5.56 Å². The summed E-state index contributed by atoms with van der Waals surface area (Å²) in [7, 11) is 0. The minimum Gasteiger partial charge on any atom is -0.340 e. The highest BCUT2D eigenvalue weighted by molar-refractivity contribution is 5.95. The van der Waals surface area contributed by atoms with Crippen LogP contribution in [0.15, 0.2) is 42.6 Å². The number of nitrogens with one attached hydrogen (secondary N) is 1. The van der Waals surface area contributed by atoms with E-state index in [1.165, 1.54) is 13.1 Å². The van der Waals surface area contributed by atoms with Crippen LogP contribution in [0.5, 0.6) is 0 Å². The van der Waals surface area contributed by atoms with E-state index in [4.69, 9.17) is 5.26 Å². The lowest BCUT2D eigenvalue weighted by molar-refractivity contribution is 0.101. The van der Waals surface area contributed by atoms with E-state index in [1.807, 2.05) is 18.2 Å². The fourth-order valence-electron chi connectivity index (χ4n) is 1.50. The molecule has 4 heteroatoms. The van der Waals surface area contributed by atoms with Crippen LogP contribution in [-0.4, -0.2) is 10.8 Å². The molecule has 0 aliphatic carbocycles. The number of pyridine rings is 1. The number of benzene rings is 1. The Morgan fingerprint density at radius 2 is 2.17 bits per heavy atom. The van der Waals surface area contributed by atoms with Gasteiger partial charge in [0, 0.05) is 17.4 Å². The fourth-order valence-corrected chi connectivity index (χ4v) is 1.50. The maximum absolute atomic E-state index is 11.3. The average molecular weight is 237 g/mol. The molecule has 0 bridgehead atoms. The zero-order valence-electron chi connectivity index (χ0n) is 9.84. The normalized spacial score (nSPS) is 9.56. The van der Waals surface area contributed by atoms with Crippen molar-refractivity contribution in [1.29, 1.82) is 5.26 Å². The predicted molar refractivity (Wildman–Crippen MR) is 68.7 cm³/mol. The van der Waals surface area contributed by atoms with Gasteiger partial charge in [0.15, 0.2) is 5.78 Å². The minimum absolute atomic E-state index is 0.0198. The standard InChI is InChI=1S/C14H11N3O/c1-10(18)12-3-2-4-13(7-12)17-14-6-5-11(8-15)9-16-14/h2-7,9H,1H3,(H,16,17). The monoisotopic (exact) mass is 237 g/mol. The Labute approximate surface area is 105 Å². The largest absolute Gasteiger partial charge is 0.340 e. The maximum atomic E-state index is 11.3. The van der Waals surface area contributed by atoms with Crippen molar-refractivity contribution in [3.63, 3.8) is 0 Å². The van der Waals surface area contributed by atoms with E-state index in [9.17, 15) is 4.79 Å². The number of carbonyl (C=O) groups is 1. The molecule has 2 rings (SSSR count). The topological polar surface area (TPSA) is 65.8 Å². The molecule has 0 spiro atoms. The molecular formula is C14H11N3O. The Morgan fingerprint density at radius 3 is 2.78 bits per heavy atom. The van der Waals surface area contributed by atoms with Crippen LogP contribution in [0.4, 0.5) is 11.5 Å². The van der Waals surface area contributed by atoms with Crippen LogP contribution >= 0.6 is 0 Å². The summed E-state index contributed by atoms with van der Waals surface area (Å²) in [6.45, 7) is 1.53. The van der Waals surface area contributed by atoms with E-state index in [0.29, 0.717) is 16.9 Å². The van der Waals surface area contributed by atoms with Crippen LogP contribution in [0.2, 0.25) is 0 Å². The number of carbonyl (C=O) groups excluding carboxylic acids is 1. The molecule has 0 aliphatic heterocycles. The average Bonchev–Trinajstić information content (AvgIpc) is 2.40. The molecule has 2 aromatic rings. The second-order valence-electron chi connectivity index (χ2n) is 3.81. The number of rotatable bonds is 3. The van der Waals surface area contributed by atoms with Gasteiger partial charge in [0.2, 0.25) is 0 Å². The minimum atomic E-state index is 0.0198. The van der Waals surface area contributed by atoms with Crippen molar-refractivity contribution in [2.45, 2.75) is 6.92 Å². The van der Waals surface area contributed by atoms with E-state index in [1.54, 1.807) is 24.3 Å². The van der Waals surface area contributed by atoms with E-state index < -0.39 is 0 Å². The third kappa shape index (κ3) is 2.71. The van der Waals surface area contributed by atoms with Gasteiger partial charge in [-0.3, -0.25) is 4.79 Å². The Kier molecular flexibility index (Phi) is 3.35. The molecule has 1 N–H and O–H groups in total. The molecule has 0 fully saturated rings. The van der Waals surface area contributed by atoms with E-state index >= 15 is 0 Å². The molecule has 1 aromatic heterocycles. The first-order chi connectivity index (χ1) is 8.69. The number of hydrogen-bond acceptors (Lipinski definition) is 4. The number of aromatic nitrogens is 1. The third-order valence-corrected chi connectivity index (χ3v) is 2.43. The van der Waals surface area contributed by atoms with E-state index in [2.05, 4.69) is 10.3 Å². The van der Waals surface area contributed by atoms with Gasteiger partial charge in [-0.15, -0.1) is 0 Å². The first-order valence-corrected chi connectivity index (χ1v) is 5.43. The van der Waals surface area contributed by atoms with E-state index in [-0.39, 0.29) is 5.78 Å². The van der Waals surface area contributed by atoms with Gasteiger partial charge >= 0.3 is 0 Å². The Hall–Kier alpha value is -2.67. The zero-order valence-corrected chi connectivity index (χ0v) is 9.84. The van der Waals surface area contributed by atoms with Crippen molar-refractivity contribution in [3.05, 3.63) is 53.7 Å². The number of hydrogen-bond donors (Lipinski definition) is 1. The van der Waals surface area contributed by atoms with Crippen molar-refractivity contribution in [2.24, 2.45) is 0 Å². The molecule has 1 aromatic carbocycles. The summed E-state index contributed by atoms with van der Waals surface area (Å²) in [5.41, 5.74) is 1.95. The van der Waals surface area contributed by atoms with Crippen LogP contribution in [-0.2, 0) is 0 Å². The molecule has 0 saturated heterocycles. The second kappa shape index (κ2) is 5.11. The van der Waals surface area contributed by atoms with Crippen LogP contribution < -0.4 is 5.32 Å². The first kappa shape index (κ1) is 11.8. The molecule has 0 aliphatic rings. The van der Waals surface area contributed by atoms with Crippen LogP contribution in [0.1, 0.15) is 22.8 Å². The summed E-state index contributed by atoms with van der Waals surface area (Å²) in [5.74, 6) is 0.654. The highest BCUT2D eigenvalue weighted by atomic mass is 16.1. The highest BCUT2D eigenvalue weighted by Gasteiger charge is 2.01. The lowest BCUT2D eigenvalue weighted by Crippen LogP contribution is -1.96. The molecule has 4 nitrogen and oxygen atoms in total. The molecule has 0 saturated carbocycles. The van der Waals surface area contributed by atoms with Crippen LogP contribution in [0.25, 0.3) is 0 Å². The van der Waals surface area contributed by atoms with Crippen molar-refractivity contribution in [2.75, 3.05) is 5.32 Å². The van der Waals surface area contributed by atoms with Gasteiger partial charge in [-0.2, -0.15) is 5.26 Å². The summed E-state index contributed by atoms with van der Waals surface area (Å²) in [5, 5.41) is 11.7. The van der Waals surface area contributed by atoms with Gasteiger partial charge in [0.25, 0.3) is 0 Å². The van der Waals surface area contributed by atoms with Gasteiger partial charge in [-0.25, -0.2) is 4.98 Å². The number of ketones is 1. The number of nitrogens with zero attached hydrogens (tertiary/aromatic N) is 2. The predicted octanol–water partition coefficient (Wildman–Crippen LogP) is 2.90. The Morgan fingerprint density at radius 1 is 1.33 bits per heavy atom. The van der Waals surface area contributed by atoms with Crippen molar-refractivity contribution >= 4 is 17.3 Å². The van der Waals surface area contributed by atoms with Crippen molar-refractivity contribution in [1.82, 2.24) is 4.98 Å². The Bertz CT molecular complexity index is 612. The summed E-state index contributed by atoms with van der Waals surface area (Å²) < 4.78 is 0. The number of nitriles is 1. The molecule has 1 heterocycles. The quantitative estimate of drug-likeness (QED) is 0.833. The summed E-state index contributed by atoms with van der Waals surface area (Å²) in [4.78, 5) is 15.4. The lowest BCUT2D eigenvalue weighted by Gasteiger charge is -2.06. The van der Waals surface area contributed by atoms with Gasteiger partial charge in [-0.05, 0) is 31.2 Å². The van der Waals surface area contributed by atoms with Crippen LogP contribution in [0, 0.1) is 11.3 Å². The van der Waals surface area contributed by atoms with Crippen molar-refractivity contribution in [3.8, 4) is 6.07 Å². The fraction of sp³-hybridized carbons (Fsp3) is 0.0714. The Balaban J connectivity index is 2.20. The maximum Gasteiger partial charge on any atom is 0.159 e. The second-order valence-corrected chi connectivity index (χ2v) is 3.81. The van der Waals surface area contributed by atoms with Crippen molar-refractivity contribution < 1.29 is 4.79 Å². The summed E-state index contributed by atoms with van der Waals surface area (Å²) >= 11 is 0. The van der Waals surface area contributed by atoms with Crippen LogP contribution in [0.3, 0.4) is 0 Å². The van der Waals surface area contributed by atoms with Gasteiger partial charge in [-0.1, -0.05) is 12.1 Å². The number of Topliss-reactive ketones (excluding diaryl/α,β-unsaturated/α-hetero) is 1. The number of anilines is 2. The molecule has 0 unspecified atom stereocenters. The summed E-state index contributed by atoms with van der Waals surface area (Å²) in [6.07, 6.45) is 1.50. The molecule has 0 atom stereocenters. The van der Waals surface area contributed by atoms with Gasteiger partial charge in [0.1, 0.15) is 11.9 Å². The molecule has 0 amide bonds. The zero-order chi connectivity index (χ0) is 13.0. The molecule has 88 valence electrons.